The Hall–Kier alpha value is -2.67. The van der Waals surface area contributed by atoms with Gasteiger partial charge in [-0.15, -0.1) is 0 Å². The van der Waals surface area contributed by atoms with Crippen molar-refractivity contribution in [2.45, 2.75) is 31.8 Å². The first kappa shape index (κ1) is 16.2. The van der Waals surface area contributed by atoms with Crippen molar-refractivity contribution in [3.05, 3.63) is 42.2 Å². The Morgan fingerprint density at radius 3 is 2.71 bits per heavy atom. The van der Waals surface area contributed by atoms with E-state index in [0.717, 1.165) is 25.7 Å². The monoisotopic (exact) mass is 329 g/mol. The Morgan fingerprint density at radius 2 is 2.00 bits per heavy atom. The molecule has 0 atom stereocenters. The SMILES string of the molecule is O=C(COC1CCCC1)Nc1ccccc1-n1ccc(C(=O)O)n1. The van der Waals surface area contributed by atoms with E-state index < -0.39 is 5.97 Å². The summed E-state index contributed by atoms with van der Waals surface area (Å²) in [6.45, 7) is 0.0124. The lowest BCUT2D eigenvalue weighted by Crippen LogP contribution is -2.22. The number of carboxylic acid groups (broad SMARTS) is 1. The average molecular weight is 329 g/mol. The van der Waals surface area contributed by atoms with Crippen LogP contribution in [0.2, 0.25) is 0 Å². The summed E-state index contributed by atoms with van der Waals surface area (Å²) < 4.78 is 7.03. The Labute approximate surface area is 139 Å². The molecule has 1 aliphatic rings. The molecule has 0 spiro atoms. The van der Waals surface area contributed by atoms with Crippen LogP contribution in [0.4, 0.5) is 5.69 Å². The van der Waals surface area contributed by atoms with E-state index in [9.17, 15) is 9.59 Å². The van der Waals surface area contributed by atoms with E-state index in [4.69, 9.17) is 9.84 Å². The van der Waals surface area contributed by atoms with Crippen LogP contribution in [0.3, 0.4) is 0 Å². The number of para-hydroxylation sites is 2. The second-order valence-electron chi connectivity index (χ2n) is 5.73. The fraction of sp³-hybridized carbons (Fsp3) is 0.353. The third kappa shape index (κ3) is 3.80. The molecule has 24 heavy (non-hydrogen) atoms. The molecule has 2 aromatic rings. The number of nitrogens with one attached hydrogen (secondary N) is 1. The largest absolute Gasteiger partial charge is 0.476 e. The van der Waals surface area contributed by atoms with Crippen LogP contribution >= 0.6 is 0 Å². The molecule has 1 heterocycles. The van der Waals surface area contributed by atoms with E-state index in [1.165, 1.54) is 10.7 Å². The lowest BCUT2D eigenvalue weighted by atomic mass is 10.2. The smallest absolute Gasteiger partial charge is 0.356 e. The normalized spacial score (nSPS) is 14.7. The predicted octanol–water partition coefficient (Wildman–Crippen LogP) is 2.47. The van der Waals surface area contributed by atoms with E-state index >= 15 is 0 Å². The van der Waals surface area contributed by atoms with E-state index in [1.807, 2.05) is 0 Å². The third-order valence-corrected chi connectivity index (χ3v) is 3.99. The number of aromatic nitrogens is 2. The van der Waals surface area contributed by atoms with Gasteiger partial charge in [0.1, 0.15) is 6.61 Å². The van der Waals surface area contributed by atoms with Crippen LogP contribution in [-0.4, -0.2) is 39.5 Å². The molecule has 1 aliphatic carbocycles. The quantitative estimate of drug-likeness (QED) is 0.849. The number of hydrogen-bond donors (Lipinski definition) is 2. The Morgan fingerprint density at radius 1 is 1.25 bits per heavy atom. The first-order valence-electron chi connectivity index (χ1n) is 7.93. The number of anilines is 1. The van der Waals surface area contributed by atoms with Crippen molar-refractivity contribution in [3.8, 4) is 5.69 Å². The van der Waals surface area contributed by atoms with Crippen molar-refractivity contribution >= 4 is 17.6 Å². The summed E-state index contributed by atoms with van der Waals surface area (Å²) in [4.78, 5) is 23.1. The minimum Gasteiger partial charge on any atom is -0.476 e. The van der Waals surface area contributed by atoms with Crippen LogP contribution in [0.25, 0.3) is 5.69 Å². The van der Waals surface area contributed by atoms with Gasteiger partial charge in [0.15, 0.2) is 5.69 Å². The van der Waals surface area contributed by atoms with Crippen molar-refractivity contribution in [2.75, 3.05) is 11.9 Å². The number of aromatic carboxylic acids is 1. The van der Waals surface area contributed by atoms with Crippen LogP contribution in [0, 0.1) is 0 Å². The van der Waals surface area contributed by atoms with Crippen LogP contribution in [0.15, 0.2) is 36.5 Å². The van der Waals surface area contributed by atoms with Gasteiger partial charge in [-0.05, 0) is 31.0 Å². The Balaban J connectivity index is 1.69. The molecule has 0 unspecified atom stereocenters. The number of carboxylic acids is 1. The van der Waals surface area contributed by atoms with Crippen molar-refractivity contribution in [1.82, 2.24) is 9.78 Å². The van der Waals surface area contributed by atoms with Gasteiger partial charge < -0.3 is 15.2 Å². The highest BCUT2D eigenvalue weighted by Crippen LogP contribution is 2.22. The molecule has 7 nitrogen and oxygen atoms in total. The Kier molecular flexibility index (Phi) is 4.90. The van der Waals surface area contributed by atoms with Crippen LogP contribution in [0.5, 0.6) is 0 Å². The molecular formula is C17H19N3O4. The summed E-state index contributed by atoms with van der Waals surface area (Å²) >= 11 is 0. The zero-order valence-corrected chi connectivity index (χ0v) is 13.1. The average Bonchev–Trinajstić information content (AvgIpc) is 3.25. The number of amides is 1. The lowest BCUT2D eigenvalue weighted by Gasteiger charge is -2.13. The van der Waals surface area contributed by atoms with E-state index in [1.54, 1.807) is 30.5 Å². The molecule has 7 heteroatoms. The van der Waals surface area contributed by atoms with E-state index in [2.05, 4.69) is 10.4 Å². The number of rotatable bonds is 6. The molecule has 2 N–H and O–H groups in total. The molecular weight excluding hydrogens is 310 g/mol. The molecule has 0 saturated heterocycles. The highest BCUT2D eigenvalue weighted by atomic mass is 16.5. The van der Waals surface area contributed by atoms with Crippen molar-refractivity contribution < 1.29 is 19.4 Å². The molecule has 1 aromatic carbocycles. The molecule has 1 fully saturated rings. The Bertz CT molecular complexity index is 735. The van der Waals surface area contributed by atoms with Gasteiger partial charge in [-0.25, -0.2) is 9.48 Å². The molecule has 0 bridgehead atoms. The summed E-state index contributed by atoms with van der Waals surface area (Å²) in [7, 11) is 0. The maximum Gasteiger partial charge on any atom is 0.356 e. The van der Waals surface area contributed by atoms with Crippen LogP contribution in [0.1, 0.15) is 36.2 Å². The van der Waals surface area contributed by atoms with E-state index in [0.29, 0.717) is 11.4 Å². The molecule has 0 aliphatic heterocycles. The summed E-state index contributed by atoms with van der Waals surface area (Å²) in [5, 5.41) is 15.8. The summed E-state index contributed by atoms with van der Waals surface area (Å²) in [6, 6.07) is 8.49. The van der Waals surface area contributed by atoms with Gasteiger partial charge in [0.05, 0.1) is 17.5 Å². The van der Waals surface area contributed by atoms with Gasteiger partial charge in [0, 0.05) is 6.20 Å². The highest BCUT2D eigenvalue weighted by molar-refractivity contribution is 5.93. The molecule has 1 saturated carbocycles. The first-order chi connectivity index (χ1) is 11.6. The van der Waals surface area contributed by atoms with Gasteiger partial charge in [-0.1, -0.05) is 25.0 Å². The van der Waals surface area contributed by atoms with Gasteiger partial charge in [0.25, 0.3) is 0 Å². The zero-order valence-electron chi connectivity index (χ0n) is 13.1. The lowest BCUT2D eigenvalue weighted by molar-refractivity contribution is -0.122. The van der Waals surface area contributed by atoms with Crippen LogP contribution in [-0.2, 0) is 9.53 Å². The minimum absolute atomic E-state index is 0.0124. The van der Waals surface area contributed by atoms with Crippen LogP contribution < -0.4 is 5.32 Å². The number of nitrogens with zero attached hydrogens (tertiary/aromatic N) is 2. The van der Waals surface area contributed by atoms with Gasteiger partial charge in [-0.3, -0.25) is 4.79 Å². The number of ether oxygens (including phenoxy) is 1. The van der Waals surface area contributed by atoms with Crippen molar-refractivity contribution in [3.63, 3.8) is 0 Å². The predicted molar refractivity (Wildman–Crippen MR) is 87.4 cm³/mol. The molecule has 3 rings (SSSR count). The summed E-state index contributed by atoms with van der Waals surface area (Å²) in [5.74, 6) is -1.33. The minimum atomic E-state index is -1.10. The second-order valence-corrected chi connectivity index (χ2v) is 5.73. The topological polar surface area (TPSA) is 93.5 Å². The van der Waals surface area contributed by atoms with Gasteiger partial charge >= 0.3 is 5.97 Å². The zero-order chi connectivity index (χ0) is 16.9. The number of hydrogen-bond acceptors (Lipinski definition) is 4. The number of benzene rings is 1. The van der Waals surface area contributed by atoms with Crippen molar-refractivity contribution in [1.29, 1.82) is 0 Å². The molecule has 126 valence electrons. The van der Waals surface area contributed by atoms with Gasteiger partial charge in [0.2, 0.25) is 5.91 Å². The summed E-state index contributed by atoms with van der Waals surface area (Å²) in [6.07, 6.45) is 6.05. The number of carbonyl (C=O) groups excluding carboxylic acids is 1. The first-order valence-corrected chi connectivity index (χ1v) is 7.93. The summed E-state index contributed by atoms with van der Waals surface area (Å²) in [5.41, 5.74) is 1.09. The maximum absolute atomic E-state index is 12.1. The standard InChI is InChI=1S/C17H19N3O4/c21-16(11-24-12-5-1-2-6-12)18-13-7-3-4-8-15(13)20-10-9-14(19-20)17(22)23/h3-4,7-10,12H,1-2,5-6,11H2,(H,18,21)(H,22,23). The number of carbonyl (C=O) groups is 2. The third-order valence-electron chi connectivity index (χ3n) is 3.99. The highest BCUT2D eigenvalue weighted by Gasteiger charge is 2.17. The molecule has 0 radical (unpaired) electrons. The fourth-order valence-corrected chi connectivity index (χ4v) is 2.79. The maximum atomic E-state index is 12.1. The van der Waals surface area contributed by atoms with E-state index in [-0.39, 0.29) is 24.3 Å². The molecule has 1 amide bonds. The fourth-order valence-electron chi connectivity index (χ4n) is 2.79. The second kappa shape index (κ2) is 7.27. The van der Waals surface area contributed by atoms with Gasteiger partial charge in [-0.2, -0.15) is 5.10 Å². The molecule has 1 aromatic heterocycles. The van der Waals surface area contributed by atoms with Crippen molar-refractivity contribution in [2.24, 2.45) is 0 Å².